The van der Waals surface area contributed by atoms with E-state index in [0.717, 1.165) is 5.56 Å². The molecule has 0 atom stereocenters. The maximum absolute atomic E-state index is 13.7. The first-order valence-corrected chi connectivity index (χ1v) is 6.46. The number of amidine groups is 1. The highest BCUT2D eigenvalue weighted by Crippen LogP contribution is 2.29. The molecule has 20 heavy (non-hydrogen) atoms. The van der Waals surface area contributed by atoms with Gasteiger partial charge in [0.25, 0.3) is 0 Å². The lowest BCUT2D eigenvalue weighted by molar-refractivity contribution is -0.122. The van der Waals surface area contributed by atoms with Crippen LogP contribution < -0.4 is 11.1 Å². The van der Waals surface area contributed by atoms with Gasteiger partial charge in [-0.3, -0.25) is 4.79 Å². The van der Waals surface area contributed by atoms with Gasteiger partial charge in [-0.2, -0.15) is 0 Å². The Hall–Kier alpha value is -2.11. The predicted molar refractivity (Wildman–Crippen MR) is 76.2 cm³/mol. The molecule has 0 spiro atoms. The Morgan fingerprint density at radius 3 is 2.55 bits per heavy atom. The average Bonchev–Trinajstić information content (AvgIpc) is 2.44. The number of carbonyl (C=O) groups is 1. The van der Waals surface area contributed by atoms with E-state index in [4.69, 9.17) is 10.9 Å². The summed E-state index contributed by atoms with van der Waals surface area (Å²) in [5.41, 5.74) is 5.41. The summed E-state index contributed by atoms with van der Waals surface area (Å²) in [7, 11) is 0. The van der Waals surface area contributed by atoms with E-state index in [1.54, 1.807) is 26.8 Å². The van der Waals surface area contributed by atoms with E-state index in [2.05, 4.69) is 10.5 Å². The van der Waals surface area contributed by atoms with Gasteiger partial charge in [-0.25, -0.2) is 4.39 Å². The second-order valence-corrected chi connectivity index (χ2v) is 4.71. The van der Waals surface area contributed by atoms with Crippen LogP contribution in [0.25, 0.3) is 0 Å². The van der Waals surface area contributed by atoms with Gasteiger partial charge in [-0.05, 0) is 37.5 Å². The number of nitrogens with zero attached hydrogens (tertiary/aromatic N) is 1. The standard InChI is InChI=1S/C14H20FN3O2/c1-4-14(5-2,12(16)18-20)13(19)17-11-8-9(3)6-7-10(11)15/h6-8,20H,4-5H2,1-3H3,(H2,16,18)(H,17,19). The van der Waals surface area contributed by atoms with E-state index in [0.29, 0.717) is 12.8 Å². The molecule has 1 amide bonds. The van der Waals surface area contributed by atoms with Gasteiger partial charge < -0.3 is 16.3 Å². The Bertz CT molecular complexity index is 525. The van der Waals surface area contributed by atoms with Crippen LogP contribution in [-0.4, -0.2) is 17.0 Å². The van der Waals surface area contributed by atoms with Gasteiger partial charge in [0.2, 0.25) is 5.91 Å². The number of halogens is 1. The van der Waals surface area contributed by atoms with Crippen molar-refractivity contribution >= 4 is 17.4 Å². The minimum atomic E-state index is -1.15. The second-order valence-electron chi connectivity index (χ2n) is 4.71. The van der Waals surface area contributed by atoms with Crippen LogP contribution in [0.15, 0.2) is 23.4 Å². The monoisotopic (exact) mass is 281 g/mol. The van der Waals surface area contributed by atoms with Crippen molar-refractivity contribution in [3.63, 3.8) is 0 Å². The molecule has 0 aromatic heterocycles. The van der Waals surface area contributed by atoms with E-state index in [-0.39, 0.29) is 11.5 Å². The molecule has 0 saturated heterocycles. The van der Waals surface area contributed by atoms with Gasteiger partial charge in [0.15, 0.2) is 5.84 Å². The molecule has 0 saturated carbocycles. The van der Waals surface area contributed by atoms with Crippen molar-refractivity contribution in [3.05, 3.63) is 29.6 Å². The summed E-state index contributed by atoms with van der Waals surface area (Å²) in [5.74, 6) is -1.18. The van der Waals surface area contributed by atoms with Crippen LogP contribution in [0.5, 0.6) is 0 Å². The highest BCUT2D eigenvalue weighted by atomic mass is 19.1. The zero-order chi connectivity index (χ0) is 15.3. The Balaban J connectivity index is 3.12. The molecule has 0 radical (unpaired) electrons. The highest BCUT2D eigenvalue weighted by Gasteiger charge is 2.40. The normalized spacial score (nSPS) is 12.3. The maximum Gasteiger partial charge on any atom is 0.238 e. The Morgan fingerprint density at radius 2 is 2.05 bits per heavy atom. The molecule has 110 valence electrons. The van der Waals surface area contributed by atoms with E-state index in [9.17, 15) is 9.18 Å². The molecule has 5 nitrogen and oxygen atoms in total. The summed E-state index contributed by atoms with van der Waals surface area (Å²) in [6.45, 7) is 5.31. The summed E-state index contributed by atoms with van der Waals surface area (Å²) in [6.07, 6.45) is 0.692. The maximum atomic E-state index is 13.7. The van der Waals surface area contributed by atoms with Crippen LogP contribution >= 0.6 is 0 Å². The lowest BCUT2D eigenvalue weighted by Gasteiger charge is -2.28. The Kier molecular flexibility index (Phi) is 5.07. The molecule has 1 aromatic rings. The fourth-order valence-electron chi connectivity index (χ4n) is 2.12. The van der Waals surface area contributed by atoms with Crippen molar-refractivity contribution in [3.8, 4) is 0 Å². The van der Waals surface area contributed by atoms with Gasteiger partial charge in [0, 0.05) is 0 Å². The minimum Gasteiger partial charge on any atom is -0.409 e. The molecule has 1 aromatic carbocycles. The highest BCUT2D eigenvalue weighted by molar-refractivity contribution is 6.11. The van der Waals surface area contributed by atoms with E-state index >= 15 is 0 Å². The molecule has 6 heteroatoms. The third-order valence-corrected chi connectivity index (χ3v) is 3.61. The van der Waals surface area contributed by atoms with Crippen molar-refractivity contribution in [2.24, 2.45) is 16.3 Å². The average molecular weight is 281 g/mol. The van der Waals surface area contributed by atoms with Crippen molar-refractivity contribution in [2.45, 2.75) is 33.6 Å². The van der Waals surface area contributed by atoms with Gasteiger partial charge in [-0.15, -0.1) is 0 Å². The zero-order valence-electron chi connectivity index (χ0n) is 11.9. The van der Waals surface area contributed by atoms with Crippen LogP contribution in [0.4, 0.5) is 10.1 Å². The quantitative estimate of drug-likeness (QED) is 0.335. The molecule has 0 unspecified atom stereocenters. The number of hydrogen-bond acceptors (Lipinski definition) is 3. The van der Waals surface area contributed by atoms with Gasteiger partial charge in [0.1, 0.15) is 11.2 Å². The van der Waals surface area contributed by atoms with Crippen molar-refractivity contribution in [2.75, 3.05) is 5.32 Å². The second kappa shape index (κ2) is 6.36. The fourth-order valence-corrected chi connectivity index (χ4v) is 2.12. The molecule has 0 fully saturated rings. The SMILES string of the molecule is CCC(CC)(C(=O)Nc1cc(C)ccc1F)C(N)=NO. The van der Waals surface area contributed by atoms with E-state index < -0.39 is 17.1 Å². The molecule has 0 aliphatic rings. The third-order valence-electron chi connectivity index (χ3n) is 3.61. The summed E-state index contributed by atoms with van der Waals surface area (Å²) < 4.78 is 13.7. The number of anilines is 1. The molecular weight excluding hydrogens is 261 g/mol. The van der Waals surface area contributed by atoms with Crippen LogP contribution in [0.1, 0.15) is 32.3 Å². The Morgan fingerprint density at radius 1 is 1.45 bits per heavy atom. The van der Waals surface area contributed by atoms with Crippen molar-refractivity contribution < 1.29 is 14.4 Å². The smallest absolute Gasteiger partial charge is 0.238 e. The predicted octanol–water partition coefficient (Wildman–Crippen LogP) is 2.63. The first-order valence-electron chi connectivity index (χ1n) is 6.46. The molecule has 1 rings (SSSR count). The number of rotatable bonds is 5. The van der Waals surface area contributed by atoms with Crippen LogP contribution in [0.2, 0.25) is 0 Å². The van der Waals surface area contributed by atoms with E-state index in [1.807, 2.05) is 0 Å². The van der Waals surface area contributed by atoms with Crippen LogP contribution in [-0.2, 0) is 4.79 Å². The van der Waals surface area contributed by atoms with Crippen molar-refractivity contribution in [1.29, 1.82) is 0 Å². The number of nitrogens with one attached hydrogen (secondary N) is 1. The largest absolute Gasteiger partial charge is 0.409 e. The molecule has 0 aliphatic carbocycles. The molecule has 0 bridgehead atoms. The Labute approximate surface area is 117 Å². The molecular formula is C14H20FN3O2. The fraction of sp³-hybridized carbons (Fsp3) is 0.429. The lowest BCUT2D eigenvalue weighted by atomic mass is 9.80. The van der Waals surface area contributed by atoms with Crippen molar-refractivity contribution in [1.82, 2.24) is 0 Å². The number of amides is 1. The van der Waals surface area contributed by atoms with Gasteiger partial charge in [-0.1, -0.05) is 25.1 Å². The number of oxime groups is 1. The summed E-state index contributed by atoms with van der Waals surface area (Å²) in [6, 6.07) is 4.44. The minimum absolute atomic E-state index is 0.0898. The number of carbonyl (C=O) groups excluding carboxylic acids is 1. The number of aryl methyl sites for hydroxylation is 1. The van der Waals surface area contributed by atoms with Crippen LogP contribution in [0, 0.1) is 18.2 Å². The summed E-state index contributed by atoms with van der Waals surface area (Å²) >= 11 is 0. The van der Waals surface area contributed by atoms with E-state index in [1.165, 1.54) is 12.1 Å². The molecule has 4 N–H and O–H groups in total. The van der Waals surface area contributed by atoms with Crippen LogP contribution in [0.3, 0.4) is 0 Å². The topological polar surface area (TPSA) is 87.7 Å². The summed E-state index contributed by atoms with van der Waals surface area (Å²) in [4.78, 5) is 12.4. The number of nitrogens with two attached hydrogens (primary N) is 1. The third kappa shape index (κ3) is 2.89. The lowest BCUT2D eigenvalue weighted by Crippen LogP contribution is -2.46. The van der Waals surface area contributed by atoms with Gasteiger partial charge in [0.05, 0.1) is 5.69 Å². The first-order chi connectivity index (χ1) is 9.41. The summed E-state index contributed by atoms with van der Waals surface area (Å²) in [5, 5.41) is 14.3. The number of benzene rings is 1. The first kappa shape index (κ1) is 15.9. The molecule has 0 aliphatic heterocycles. The molecule has 0 heterocycles. The zero-order valence-corrected chi connectivity index (χ0v) is 11.9. The number of hydrogen-bond donors (Lipinski definition) is 3. The van der Waals surface area contributed by atoms with Gasteiger partial charge >= 0.3 is 0 Å².